The van der Waals surface area contributed by atoms with Crippen LogP contribution < -0.4 is 5.73 Å². The van der Waals surface area contributed by atoms with E-state index in [4.69, 9.17) is 10.3 Å². The van der Waals surface area contributed by atoms with Crippen LogP contribution in [0.15, 0.2) is 64.1 Å². The number of benzene rings is 2. The van der Waals surface area contributed by atoms with Gasteiger partial charge >= 0.3 is 0 Å². The molecule has 0 radical (unpaired) electrons. The Morgan fingerprint density at radius 2 is 1.93 bits per heavy atom. The molecule has 2 heterocycles. The number of guanidine groups is 1. The van der Waals surface area contributed by atoms with Crippen LogP contribution in [-0.4, -0.2) is 29.1 Å². The molecule has 1 atom stereocenters. The molecule has 1 aromatic heterocycles. The lowest BCUT2D eigenvalue weighted by molar-refractivity contribution is 0.370. The lowest BCUT2D eigenvalue weighted by atomic mass is 9.95. The molecule has 2 aromatic carbocycles. The standard InChI is InChI=1S/C23H25FN4O/c1-16(18-9-10-20(21(24)13-18)17-7-3-2-4-8-17)22-14-19(27-29-22)15-26-23(25)28-11-5-6-12-28/h2-4,7-10,13-14,16H,5-6,11-12,15H2,1H3,(H2,25,26). The minimum absolute atomic E-state index is 0.115. The first kappa shape index (κ1) is 19.2. The van der Waals surface area contributed by atoms with E-state index in [1.165, 1.54) is 0 Å². The maximum Gasteiger partial charge on any atom is 0.191 e. The Balaban J connectivity index is 1.46. The predicted octanol–water partition coefficient (Wildman–Crippen LogP) is 4.54. The summed E-state index contributed by atoms with van der Waals surface area (Å²) in [7, 11) is 0. The van der Waals surface area contributed by atoms with Crippen LogP contribution >= 0.6 is 0 Å². The highest BCUT2D eigenvalue weighted by Gasteiger charge is 2.17. The molecule has 29 heavy (non-hydrogen) atoms. The van der Waals surface area contributed by atoms with E-state index in [9.17, 15) is 4.39 Å². The summed E-state index contributed by atoms with van der Waals surface area (Å²) in [4.78, 5) is 6.50. The molecule has 0 amide bonds. The Morgan fingerprint density at radius 3 is 2.66 bits per heavy atom. The molecule has 1 unspecified atom stereocenters. The second kappa shape index (κ2) is 8.47. The van der Waals surface area contributed by atoms with Gasteiger partial charge in [-0.05, 0) is 30.0 Å². The molecule has 1 aliphatic heterocycles. The molecule has 2 N–H and O–H groups in total. The summed E-state index contributed by atoms with van der Waals surface area (Å²) in [5, 5.41) is 4.10. The van der Waals surface area contributed by atoms with Crippen LogP contribution in [-0.2, 0) is 6.54 Å². The fraction of sp³-hybridized carbons (Fsp3) is 0.304. The number of likely N-dealkylation sites (tertiary alicyclic amines) is 1. The Labute approximate surface area is 170 Å². The first-order chi connectivity index (χ1) is 14.1. The van der Waals surface area contributed by atoms with Crippen molar-refractivity contribution in [3.63, 3.8) is 0 Å². The van der Waals surface area contributed by atoms with Crippen LogP contribution in [0.3, 0.4) is 0 Å². The van der Waals surface area contributed by atoms with E-state index in [2.05, 4.69) is 15.0 Å². The number of hydrogen-bond acceptors (Lipinski definition) is 3. The monoisotopic (exact) mass is 392 g/mol. The molecule has 5 nitrogen and oxygen atoms in total. The zero-order valence-electron chi connectivity index (χ0n) is 16.5. The maximum atomic E-state index is 14.7. The molecule has 150 valence electrons. The molecular weight excluding hydrogens is 367 g/mol. The largest absolute Gasteiger partial charge is 0.370 e. The van der Waals surface area contributed by atoms with Gasteiger partial charge in [-0.1, -0.05) is 54.5 Å². The van der Waals surface area contributed by atoms with Crippen molar-refractivity contribution in [2.45, 2.75) is 32.2 Å². The van der Waals surface area contributed by atoms with Crippen LogP contribution in [0, 0.1) is 5.82 Å². The third-order valence-corrected chi connectivity index (χ3v) is 5.42. The van der Waals surface area contributed by atoms with E-state index < -0.39 is 0 Å². The predicted molar refractivity (Wildman–Crippen MR) is 112 cm³/mol. The molecule has 0 aliphatic carbocycles. The minimum atomic E-state index is -0.247. The number of halogens is 1. The first-order valence-electron chi connectivity index (χ1n) is 9.97. The lowest BCUT2D eigenvalue weighted by Gasteiger charge is -2.15. The number of aromatic nitrogens is 1. The smallest absolute Gasteiger partial charge is 0.191 e. The van der Waals surface area contributed by atoms with Crippen molar-refractivity contribution in [2.24, 2.45) is 10.7 Å². The zero-order valence-corrected chi connectivity index (χ0v) is 16.5. The Kier molecular flexibility index (Phi) is 5.60. The van der Waals surface area contributed by atoms with Gasteiger partial charge in [0.1, 0.15) is 17.3 Å². The summed E-state index contributed by atoms with van der Waals surface area (Å²) < 4.78 is 20.2. The minimum Gasteiger partial charge on any atom is -0.370 e. The molecule has 0 bridgehead atoms. The second-order valence-electron chi connectivity index (χ2n) is 7.42. The molecule has 1 fully saturated rings. The molecule has 6 heteroatoms. The van der Waals surface area contributed by atoms with Gasteiger partial charge in [0, 0.05) is 30.6 Å². The number of rotatable bonds is 5. The van der Waals surface area contributed by atoms with E-state index in [1.54, 1.807) is 6.07 Å². The van der Waals surface area contributed by atoms with Gasteiger partial charge in [-0.2, -0.15) is 0 Å². The van der Waals surface area contributed by atoms with Gasteiger partial charge in [0.2, 0.25) is 0 Å². The van der Waals surface area contributed by atoms with Crippen molar-refractivity contribution in [3.05, 3.63) is 77.4 Å². The molecule has 4 rings (SSSR count). The number of nitrogens with zero attached hydrogens (tertiary/aromatic N) is 3. The average molecular weight is 392 g/mol. The van der Waals surface area contributed by atoms with Gasteiger partial charge in [0.05, 0.1) is 6.54 Å². The summed E-state index contributed by atoms with van der Waals surface area (Å²) in [6.07, 6.45) is 2.31. The van der Waals surface area contributed by atoms with Crippen LogP contribution in [0.2, 0.25) is 0 Å². The Bertz CT molecular complexity index is 993. The lowest BCUT2D eigenvalue weighted by Crippen LogP contribution is -2.34. The number of nitrogens with two attached hydrogens (primary N) is 1. The van der Waals surface area contributed by atoms with E-state index >= 15 is 0 Å². The van der Waals surface area contributed by atoms with Gasteiger partial charge in [0.15, 0.2) is 5.96 Å². The third-order valence-electron chi connectivity index (χ3n) is 5.42. The Hall–Kier alpha value is -3.15. The summed E-state index contributed by atoms with van der Waals surface area (Å²) in [5.74, 6) is 0.874. The van der Waals surface area contributed by atoms with Crippen LogP contribution in [0.4, 0.5) is 4.39 Å². The van der Waals surface area contributed by atoms with Crippen molar-refractivity contribution < 1.29 is 8.91 Å². The van der Waals surface area contributed by atoms with Gasteiger partial charge in [-0.15, -0.1) is 0 Å². The van der Waals surface area contributed by atoms with Crippen LogP contribution in [0.25, 0.3) is 11.1 Å². The zero-order chi connectivity index (χ0) is 20.2. The maximum absolute atomic E-state index is 14.7. The summed E-state index contributed by atoms with van der Waals surface area (Å²) in [6.45, 7) is 4.27. The van der Waals surface area contributed by atoms with Gasteiger partial charge in [0.25, 0.3) is 0 Å². The highest BCUT2D eigenvalue weighted by atomic mass is 19.1. The fourth-order valence-corrected chi connectivity index (χ4v) is 3.63. The van der Waals surface area contributed by atoms with Crippen molar-refractivity contribution in [1.82, 2.24) is 10.1 Å². The average Bonchev–Trinajstić information content (AvgIpc) is 3.44. The highest BCUT2D eigenvalue weighted by Crippen LogP contribution is 2.29. The molecule has 1 aliphatic rings. The fourth-order valence-electron chi connectivity index (χ4n) is 3.63. The normalized spacial score (nSPS) is 15.7. The molecular formula is C23H25FN4O. The van der Waals surface area contributed by atoms with Gasteiger partial charge in [-0.25, -0.2) is 9.38 Å². The third kappa shape index (κ3) is 4.31. The van der Waals surface area contributed by atoms with Crippen molar-refractivity contribution in [3.8, 4) is 11.1 Å². The van der Waals surface area contributed by atoms with E-state index in [-0.39, 0.29) is 11.7 Å². The van der Waals surface area contributed by atoms with E-state index in [0.29, 0.717) is 23.8 Å². The highest BCUT2D eigenvalue weighted by molar-refractivity contribution is 5.78. The summed E-state index contributed by atoms with van der Waals surface area (Å²) >= 11 is 0. The summed E-state index contributed by atoms with van der Waals surface area (Å²) in [6, 6.07) is 16.7. The topological polar surface area (TPSA) is 67.7 Å². The van der Waals surface area contributed by atoms with Crippen LogP contribution in [0.1, 0.15) is 42.7 Å². The Morgan fingerprint density at radius 1 is 1.17 bits per heavy atom. The van der Waals surface area contributed by atoms with E-state index in [1.807, 2.05) is 55.5 Å². The first-order valence-corrected chi connectivity index (χ1v) is 9.97. The van der Waals surface area contributed by atoms with Crippen molar-refractivity contribution in [1.29, 1.82) is 0 Å². The number of hydrogen-bond donors (Lipinski definition) is 1. The van der Waals surface area contributed by atoms with E-state index in [0.717, 1.165) is 42.8 Å². The quantitative estimate of drug-likeness (QED) is 0.511. The SMILES string of the molecule is CC(c1ccc(-c2ccccc2)c(F)c1)c1cc(CN=C(N)N2CCCC2)no1. The van der Waals surface area contributed by atoms with Gasteiger partial charge < -0.3 is 15.2 Å². The molecule has 3 aromatic rings. The number of aliphatic imine (C=N–C) groups is 1. The van der Waals surface area contributed by atoms with Gasteiger partial charge in [-0.3, -0.25) is 0 Å². The second-order valence-corrected chi connectivity index (χ2v) is 7.42. The molecule has 0 spiro atoms. The van der Waals surface area contributed by atoms with Crippen molar-refractivity contribution in [2.75, 3.05) is 13.1 Å². The van der Waals surface area contributed by atoms with Crippen molar-refractivity contribution >= 4 is 5.96 Å². The van der Waals surface area contributed by atoms with Crippen LogP contribution in [0.5, 0.6) is 0 Å². The molecule has 0 saturated carbocycles. The molecule has 1 saturated heterocycles. The summed E-state index contributed by atoms with van der Waals surface area (Å²) in [5.41, 5.74) is 9.05.